The smallest absolute Gasteiger partial charge is 0.227 e. The van der Waals surface area contributed by atoms with Crippen molar-refractivity contribution in [1.82, 2.24) is 5.32 Å². The topological polar surface area (TPSA) is 79.5 Å². The third-order valence-corrected chi connectivity index (χ3v) is 3.38. The largest absolute Gasteiger partial charge is 0.370 e. The lowest BCUT2D eigenvalue weighted by Crippen LogP contribution is -2.34. The summed E-state index contributed by atoms with van der Waals surface area (Å²) < 4.78 is 0. The number of carbonyl (C=O) groups excluding carboxylic acids is 1. The van der Waals surface area contributed by atoms with Crippen molar-refractivity contribution >= 4 is 17.6 Å². The molecule has 0 aliphatic carbocycles. The number of aliphatic imine (C=N–C) groups is 1. The van der Waals surface area contributed by atoms with Crippen LogP contribution in [0.4, 0.5) is 5.69 Å². The lowest BCUT2D eigenvalue weighted by atomic mass is 10.1. The molecule has 0 saturated carbocycles. The van der Waals surface area contributed by atoms with Crippen LogP contribution in [0.25, 0.3) is 0 Å². The number of nitrogens with one attached hydrogen (secondary N) is 2. The molecule has 22 heavy (non-hydrogen) atoms. The summed E-state index contributed by atoms with van der Waals surface area (Å²) in [6, 6.07) is 7.69. The van der Waals surface area contributed by atoms with Gasteiger partial charge in [0.1, 0.15) is 0 Å². The molecule has 0 fully saturated rings. The van der Waals surface area contributed by atoms with Crippen molar-refractivity contribution in [1.29, 1.82) is 0 Å². The van der Waals surface area contributed by atoms with E-state index in [2.05, 4.69) is 29.5 Å². The Balaban J connectivity index is 2.60. The van der Waals surface area contributed by atoms with Crippen molar-refractivity contribution in [3.8, 4) is 0 Å². The average molecular weight is 304 g/mol. The van der Waals surface area contributed by atoms with Crippen LogP contribution in [-0.2, 0) is 11.3 Å². The molecule has 1 aromatic carbocycles. The Morgan fingerprint density at radius 2 is 2.05 bits per heavy atom. The molecule has 0 aliphatic rings. The van der Waals surface area contributed by atoms with Crippen molar-refractivity contribution in [3.05, 3.63) is 29.8 Å². The van der Waals surface area contributed by atoms with Gasteiger partial charge in [-0.05, 0) is 30.0 Å². The summed E-state index contributed by atoms with van der Waals surface area (Å²) in [5.74, 6) is 1.02. The van der Waals surface area contributed by atoms with Crippen LogP contribution in [0.15, 0.2) is 29.3 Å². The number of rotatable bonds is 7. The van der Waals surface area contributed by atoms with Gasteiger partial charge in [-0.1, -0.05) is 39.8 Å². The second kappa shape index (κ2) is 9.07. The Bertz CT molecular complexity index is 511. The molecular weight excluding hydrogens is 276 g/mol. The molecule has 122 valence electrons. The van der Waals surface area contributed by atoms with Gasteiger partial charge in [-0.2, -0.15) is 0 Å². The maximum atomic E-state index is 11.9. The molecule has 0 aliphatic heterocycles. The van der Waals surface area contributed by atoms with Gasteiger partial charge in [0.05, 0.1) is 6.54 Å². The zero-order valence-corrected chi connectivity index (χ0v) is 14.0. The molecule has 1 atom stereocenters. The number of guanidine groups is 1. The van der Waals surface area contributed by atoms with Gasteiger partial charge in [0, 0.05) is 18.2 Å². The Morgan fingerprint density at radius 3 is 2.68 bits per heavy atom. The fourth-order valence-corrected chi connectivity index (χ4v) is 1.74. The summed E-state index contributed by atoms with van der Waals surface area (Å²) in [5, 5.41) is 6.01. The van der Waals surface area contributed by atoms with Crippen molar-refractivity contribution in [2.45, 2.75) is 40.7 Å². The number of nitrogens with two attached hydrogens (primary N) is 1. The molecule has 5 nitrogen and oxygen atoms in total. The van der Waals surface area contributed by atoms with Crippen molar-refractivity contribution in [3.63, 3.8) is 0 Å². The van der Waals surface area contributed by atoms with Crippen LogP contribution in [-0.4, -0.2) is 18.4 Å². The van der Waals surface area contributed by atoms with Gasteiger partial charge < -0.3 is 16.4 Å². The van der Waals surface area contributed by atoms with E-state index >= 15 is 0 Å². The highest BCUT2D eigenvalue weighted by atomic mass is 16.1. The Labute approximate surface area is 133 Å². The Hall–Kier alpha value is -2.04. The van der Waals surface area contributed by atoms with Gasteiger partial charge in [0.15, 0.2) is 5.96 Å². The van der Waals surface area contributed by atoms with Gasteiger partial charge in [-0.25, -0.2) is 4.99 Å². The highest BCUT2D eigenvalue weighted by molar-refractivity contribution is 5.92. The van der Waals surface area contributed by atoms with Crippen LogP contribution in [0.2, 0.25) is 0 Å². The molecule has 0 bridgehead atoms. The fraction of sp³-hybridized carbons (Fsp3) is 0.529. The number of benzene rings is 1. The third-order valence-electron chi connectivity index (χ3n) is 3.38. The normalized spacial score (nSPS) is 13.0. The van der Waals surface area contributed by atoms with E-state index in [-0.39, 0.29) is 11.8 Å². The van der Waals surface area contributed by atoms with E-state index in [1.807, 2.05) is 38.1 Å². The van der Waals surface area contributed by atoms with Crippen LogP contribution in [0, 0.1) is 11.8 Å². The molecule has 0 radical (unpaired) electrons. The van der Waals surface area contributed by atoms with E-state index in [4.69, 9.17) is 5.73 Å². The fourth-order valence-electron chi connectivity index (χ4n) is 1.74. The molecule has 1 rings (SSSR count). The number of hydrogen-bond donors (Lipinski definition) is 3. The minimum atomic E-state index is 0.0116. The summed E-state index contributed by atoms with van der Waals surface area (Å²) in [7, 11) is 0. The maximum Gasteiger partial charge on any atom is 0.227 e. The highest BCUT2D eigenvalue weighted by Gasteiger charge is 2.10. The Morgan fingerprint density at radius 1 is 1.32 bits per heavy atom. The zero-order valence-electron chi connectivity index (χ0n) is 14.0. The van der Waals surface area contributed by atoms with Crippen LogP contribution in [0.3, 0.4) is 0 Å². The molecule has 1 aromatic rings. The predicted octanol–water partition coefficient (Wildman–Crippen LogP) is 2.73. The van der Waals surface area contributed by atoms with Crippen LogP contribution >= 0.6 is 0 Å². The predicted molar refractivity (Wildman–Crippen MR) is 92.7 cm³/mol. The van der Waals surface area contributed by atoms with Crippen LogP contribution in [0.5, 0.6) is 0 Å². The van der Waals surface area contributed by atoms with Crippen molar-refractivity contribution in [2.75, 3.05) is 11.9 Å². The Kier molecular flexibility index (Phi) is 7.43. The number of nitrogens with zero attached hydrogens (tertiary/aromatic N) is 1. The summed E-state index contributed by atoms with van der Waals surface area (Å²) in [6.07, 6.45) is 0.827. The molecular formula is C17H28N4O. The monoisotopic (exact) mass is 304 g/mol. The van der Waals surface area contributed by atoms with E-state index in [1.165, 1.54) is 0 Å². The van der Waals surface area contributed by atoms with E-state index in [1.54, 1.807) is 0 Å². The summed E-state index contributed by atoms with van der Waals surface area (Å²) in [4.78, 5) is 16.2. The first kappa shape index (κ1) is 18.0. The van der Waals surface area contributed by atoms with E-state index in [0.29, 0.717) is 18.4 Å². The average Bonchev–Trinajstić information content (AvgIpc) is 2.50. The lowest BCUT2D eigenvalue weighted by Gasteiger charge is -2.11. The second-order valence-corrected chi connectivity index (χ2v) is 5.98. The van der Waals surface area contributed by atoms with Crippen LogP contribution in [0.1, 0.15) is 39.7 Å². The minimum Gasteiger partial charge on any atom is -0.370 e. The maximum absolute atomic E-state index is 11.9. The SMILES string of the molecule is CCC(C)C(=O)Nc1cccc(CN=C(N)NCC(C)C)c1. The summed E-state index contributed by atoms with van der Waals surface area (Å²) in [6.45, 7) is 9.45. The van der Waals surface area contributed by atoms with Gasteiger partial charge in [0.25, 0.3) is 0 Å². The first-order chi connectivity index (χ1) is 10.4. The number of anilines is 1. The minimum absolute atomic E-state index is 0.0116. The second-order valence-electron chi connectivity index (χ2n) is 5.98. The van der Waals surface area contributed by atoms with Crippen molar-refractivity contribution in [2.24, 2.45) is 22.6 Å². The zero-order chi connectivity index (χ0) is 16.5. The first-order valence-electron chi connectivity index (χ1n) is 7.86. The molecule has 4 N–H and O–H groups in total. The van der Waals surface area contributed by atoms with E-state index in [0.717, 1.165) is 24.2 Å². The van der Waals surface area contributed by atoms with Gasteiger partial charge in [-0.3, -0.25) is 4.79 Å². The molecule has 0 aromatic heterocycles. The van der Waals surface area contributed by atoms with Gasteiger partial charge >= 0.3 is 0 Å². The molecule has 1 unspecified atom stereocenters. The molecule has 0 heterocycles. The summed E-state index contributed by atoms with van der Waals surface area (Å²) >= 11 is 0. The van der Waals surface area contributed by atoms with E-state index in [9.17, 15) is 4.79 Å². The third kappa shape index (κ3) is 6.61. The molecule has 5 heteroatoms. The van der Waals surface area contributed by atoms with Gasteiger partial charge in [0.2, 0.25) is 5.91 Å². The van der Waals surface area contributed by atoms with Crippen molar-refractivity contribution < 1.29 is 4.79 Å². The number of hydrogen-bond acceptors (Lipinski definition) is 2. The lowest BCUT2D eigenvalue weighted by molar-refractivity contribution is -0.119. The molecule has 0 spiro atoms. The van der Waals surface area contributed by atoms with E-state index < -0.39 is 0 Å². The number of carbonyl (C=O) groups is 1. The standard InChI is InChI=1S/C17H28N4O/c1-5-13(4)16(22)21-15-8-6-7-14(9-15)11-20-17(18)19-10-12(2)3/h6-9,12-13H,5,10-11H2,1-4H3,(H,21,22)(H3,18,19,20). The molecule has 0 saturated heterocycles. The van der Waals surface area contributed by atoms with Crippen LogP contribution < -0.4 is 16.4 Å². The summed E-state index contributed by atoms with van der Waals surface area (Å²) in [5.41, 5.74) is 7.62. The molecule has 1 amide bonds. The first-order valence-corrected chi connectivity index (χ1v) is 7.86. The highest BCUT2D eigenvalue weighted by Crippen LogP contribution is 2.13. The van der Waals surface area contributed by atoms with Gasteiger partial charge in [-0.15, -0.1) is 0 Å². The quantitative estimate of drug-likeness (QED) is 0.535. The number of amides is 1.